The smallest absolute Gasteiger partial charge is 0.293 e. The van der Waals surface area contributed by atoms with Gasteiger partial charge in [0.05, 0.1) is 11.3 Å². The SMILES string of the molecule is CCCN(CCN(C)C)C(=O)c1ccccc1N(C)C(=O)c1ccc(Br)o1. The van der Waals surface area contributed by atoms with Gasteiger partial charge in [0.25, 0.3) is 11.8 Å². The van der Waals surface area contributed by atoms with E-state index in [-0.39, 0.29) is 17.6 Å². The molecule has 1 aromatic carbocycles. The third-order valence-corrected chi connectivity index (χ3v) is 4.61. The molecular weight excluding hydrogens is 410 g/mol. The van der Waals surface area contributed by atoms with E-state index in [4.69, 9.17) is 4.42 Å². The molecule has 1 aromatic heterocycles. The number of benzene rings is 1. The number of carbonyl (C=O) groups excluding carboxylic acids is 2. The van der Waals surface area contributed by atoms with E-state index in [1.54, 1.807) is 31.3 Å². The van der Waals surface area contributed by atoms with Crippen molar-refractivity contribution in [2.24, 2.45) is 0 Å². The summed E-state index contributed by atoms with van der Waals surface area (Å²) in [7, 11) is 5.61. The topological polar surface area (TPSA) is 57.0 Å². The van der Waals surface area contributed by atoms with Crippen molar-refractivity contribution in [2.45, 2.75) is 13.3 Å². The summed E-state index contributed by atoms with van der Waals surface area (Å²) >= 11 is 3.21. The molecule has 0 aliphatic heterocycles. The lowest BCUT2D eigenvalue weighted by molar-refractivity contribution is 0.0745. The molecule has 146 valence electrons. The van der Waals surface area contributed by atoms with Crippen LogP contribution in [0.5, 0.6) is 0 Å². The standard InChI is InChI=1S/C20H26BrN3O3/c1-5-12-24(14-13-22(2)3)19(25)15-8-6-7-9-16(15)23(4)20(26)17-10-11-18(21)27-17/h6-11H,5,12-14H2,1-4H3. The fourth-order valence-corrected chi connectivity index (χ4v) is 3.03. The molecule has 2 aromatic rings. The Hall–Kier alpha value is -2.12. The number of para-hydroxylation sites is 1. The van der Waals surface area contributed by atoms with Crippen molar-refractivity contribution in [2.75, 3.05) is 45.7 Å². The average molecular weight is 436 g/mol. The minimum atomic E-state index is -0.309. The number of rotatable bonds is 8. The summed E-state index contributed by atoms with van der Waals surface area (Å²) in [6, 6.07) is 10.4. The molecule has 0 unspecified atom stereocenters. The number of likely N-dealkylation sites (N-methyl/N-ethyl adjacent to an activating group) is 1. The summed E-state index contributed by atoms with van der Waals surface area (Å²) in [4.78, 5) is 31.2. The molecule has 0 radical (unpaired) electrons. The molecule has 7 heteroatoms. The number of nitrogens with zero attached hydrogens (tertiary/aromatic N) is 3. The zero-order valence-corrected chi connectivity index (χ0v) is 17.8. The third-order valence-electron chi connectivity index (χ3n) is 4.18. The van der Waals surface area contributed by atoms with E-state index >= 15 is 0 Å². The largest absolute Gasteiger partial charge is 0.444 e. The van der Waals surface area contributed by atoms with Crippen LogP contribution in [0.1, 0.15) is 34.3 Å². The van der Waals surface area contributed by atoms with Crippen molar-refractivity contribution >= 4 is 33.4 Å². The molecule has 0 N–H and O–H groups in total. The summed E-state index contributed by atoms with van der Waals surface area (Å²) < 4.78 is 5.85. The Balaban J connectivity index is 2.29. The first-order valence-corrected chi connectivity index (χ1v) is 9.70. The highest BCUT2D eigenvalue weighted by Gasteiger charge is 2.24. The van der Waals surface area contributed by atoms with Crippen LogP contribution in [0.2, 0.25) is 0 Å². The summed E-state index contributed by atoms with van der Waals surface area (Å²) in [5.41, 5.74) is 1.07. The van der Waals surface area contributed by atoms with Crippen molar-refractivity contribution in [3.63, 3.8) is 0 Å². The summed E-state index contributed by atoms with van der Waals surface area (Å²) in [6.07, 6.45) is 0.872. The van der Waals surface area contributed by atoms with Gasteiger partial charge in [-0.1, -0.05) is 19.1 Å². The Morgan fingerprint density at radius 3 is 2.26 bits per heavy atom. The molecule has 27 heavy (non-hydrogen) atoms. The first-order chi connectivity index (χ1) is 12.8. The Morgan fingerprint density at radius 2 is 1.67 bits per heavy atom. The molecule has 0 atom stereocenters. The summed E-state index contributed by atoms with van der Waals surface area (Å²) in [6.45, 7) is 4.13. The molecular formula is C20H26BrN3O3. The predicted octanol–water partition coefficient (Wildman–Crippen LogP) is 3.73. The monoisotopic (exact) mass is 435 g/mol. The number of anilines is 1. The van der Waals surface area contributed by atoms with Crippen LogP contribution in [0.15, 0.2) is 45.5 Å². The molecule has 0 aliphatic carbocycles. The van der Waals surface area contributed by atoms with Gasteiger partial charge in [-0.15, -0.1) is 0 Å². The lowest BCUT2D eigenvalue weighted by Gasteiger charge is -2.26. The highest BCUT2D eigenvalue weighted by atomic mass is 79.9. The fourth-order valence-electron chi connectivity index (χ4n) is 2.73. The molecule has 1 heterocycles. The van der Waals surface area contributed by atoms with Gasteiger partial charge in [-0.25, -0.2) is 0 Å². The van der Waals surface area contributed by atoms with Crippen LogP contribution in [-0.4, -0.2) is 62.4 Å². The number of halogens is 1. The maximum atomic E-state index is 13.2. The predicted molar refractivity (Wildman–Crippen MR) is 110 cm³/mol. The lowest BCUT2D eigenvalue weighted by Crippen LogP contribution is -2.38. The maximum absolute atomic E-state index is 13.2. The number of furan rings is 1. The first-order valence-electron chi connectivity index (χ1n) is 8.91. The van der Waals surface area contributed by atoms with Gasteiger partial charge in [-0.3, -0.25) is 9.59 Å². The van der Waals surface area contributed by atoms with Gasteiger partial charge < -0.3 is 19.1 Å². The minimum absolute atomic E-state index is 0.0745. The number of hydrogen-bond acceptors (Lipinski definition) is 4. The Labute approximate surface area is 168 Å². The van der Waals surface area contributed by atoms with E-state index in [1.807, 2.05) is 43.0 Å². The van der Waals surface area contributed by atoms with Crippen LogP contribution >= 0.6 is 15.9 Å². The second kappa shape index (κ2) is 9.71. The lowest BCUT2D eigenvalue weighted by atomic mass is 10.1. The van der Waals surface area contributed by atoms with Gasteiger partial charge in [-0.2, -0.15) is 0 Å². The number of hydrogen-bond donors (Lipinski definition) is 0. The fraction of sp³-hybridized carbons (Fsp3) is 0.400. The van der Waals surface area contributed by atoms with Crippen LogP contribution in [0.3, 0.4) is 0 Å². The minimum Gasteiger partial charge on any atom is -0.444 e. The van der Waals surface area contributed by atoms with Crippen molar-refractivity contribution in [1.82, 2.24) is 9.80 Å². The van der Waals surface area contributed by atoms with Gasteiger partial charge >= 0.3 is 0 Å². The molecule has 0 aliphatic rings. The number of amides is 2. The van der Waals surface area contributed by atoms with Crippen LogP contribution < -0.4 is 4.90 Å². The molecule has 2 rings (SSSR count). The third kappa shape index (κ3) is 5.43. The highest BCUT2D eigenvalue weighted by molar-refractivity contribution is 9.10. The van der Waals surface area contributed by atoms with E-state index in [9.17, 15) is 9.59 Å². The molecule has 0 saturated heterocycles. The van der Waals surface area contributed by atoms with Crippen molar-refractivity contribution in [3.8, 4) is 0 Å². The Kier molecular flexibility index (Phi) is 7.62. The Morgan fingerprint density at radius 1 is 0.963 bits per heavy atom. The zero-order chi connectivity index (χ0) is 20.0. The quantitative estimate of drug-likeness (QED) is 0.633. The van der Waals surface area contributed by atoms with Crippen molar-refractivity contribution in [1.29, 1.82) is 0 Å². The first kappa shape index (κ1) is 21.2. The van der Waals surface area contributed by atoms with E-state index < -0.39 is 0 Å². The molecule has 6 nitrogen and oxygen atoms in total. The molecule has 0 fully saturated rings. The second-order valence-electron chi connectivity index (χ2n) is 6.58. The molecule has 2 amide bonds. The van der Waals surface area contributed by atoms with Crippen LogP contribution in [0.4, 0.5) is 5.69 Å². The average Bonchev–Trinajstić information content (AvgIpc) is 3.09. The highest BCUT2D eigenvalue weighted by Crippen LogP contribution is 2.24. The maximum Gasteiger partial charge on any atom is 0.293 e. The second-order valence-corrected chi connectivity index (χ2v) is 7.36. The van der Waals surface area contributed by atoms with Gasteiger partial charge in [0, 0.05) is 26.7 Å². The van der Waals surface area contributed by atoms with E-state index in [0.29, 0.717) is 29.0 Å². The zero-order valence-electron chi connectivity index (χ0n) is 16.2. The van der Waals surface area contributed by atoms with Gasteiger partial charge in [0.1, 0.15) is 0 Å². The molecule has 0 spiro atoms. The number of carbonyl (C=O) groups is 2. The molecule has 0 saturated carbocycles. The van der Waals surface area contributed by atoms with Gasteiger partial charge in [-0.05, 0) is 60.7 Å². The molecule has 0 bridgehead atoms. The van der Waals surface area contributed by atoms with Crippen LogP contribution in [-0.2, 0) is 0 Å². The van der Waals surface area contributed by atoms with E-state index in [0.717, 1.165) is 13.0 Å². The van der Waals surface area contributed by atoms with Crippen LogP contribution in [0, 0.1) is 0 Å². The van der Waals surface area contributed by atoms with Crippen LogP contribution in [0.25, 0.3) is 0 Å². The Bertz CT molecular complexity index is 788. The van der Waals surface area contributed by atoms with Gasteiger partial charge in [0.15, 0.2) is 10.4 Å². The van der Waals surface area contributed by atoms with Crippen molar-refractivity contribution < 1.29 is 14.0 Å². The van der Waals surface area contributed by atoms with Crippen molar-refractivity contribution in [3.05, 3.63) is 52.4 Å². The van der Waals surface area contributed by atoms with Gasteiger partial charge in [0.2, 0.25) is 0 Å². The summed E-state index contributed by atoms with van der Waals surface area (Å²) in [5, 5.41) is 0. The normalized spacial score (nSPS) is 10.9. The summed E-state index contributed by atoms with van der Waals surface area (Å²) in [5.74, 6) is -0.171. The van der Waals surface area contributed by atoms with E-state index in [1.165, 1.54) is 4.90 Å². The van der Waals surface area contributed by atoms with E-state index in [2.05, 4.69) is 15.9 Å².